The van der Waals surface area contributed by atoms with Crippen molar-refractivity contribution < 1.29 is 0 Å². The molecule has 1 fully saturated rings. The number of nitrogens with one attached hydrogen (secondary N) is 1. The zero-order valence-electron chi connectivity index (χ0n) is 19.2. The lowest BCUT2D eigenvalue weighted by molar-refractivity contribution is 0.316. The lowest BCUT2D eigenvalue weighted by Gasteiger charge is -2.37. The number of aromatic nitrogens is 2. The molecule has 0 atom stereocenters. The minimum absolute atomic E-state index is 0.00925. The van der Waals surface area contributed by atoms with Crippen LogP contribution in [0, 0.1) is 0 Å². The summed E-state index contributed by atoms with van der Waals surface area (Å²) in [7, 11) is 0. The van der Waals surface area contributed by atoms with Crippen molar-refractivity contribution in [3.05, 3.63) is 114 Å². The molecular weight excluding hydrogens is 531 g/mol. The van der Waals surface area contributed by atoms with Gasteiger partial charge < -0.3 is 5.32 Å². The maximum Gasteiger partial charge on any atom is 0.0924 e. The second kappa shape index (κ2) is 10.7. The molecule has 1 aliphatic heterocycles. The lowest BCUT2D eigenvalue weighted by atomic mass is 9.72. The van der Waals surface area contributed by atoms with E-state index in [4.69, 9.17) is 4.99 Å². The summed E-state index contributed by atoms with van der Waals surface area (Å²) in [4.78, 5) is 5.33. The number of piperidine rings is 1. The molecule has 0 aliphatic carbocycles. The van der Waals surface area contributed by atoms with E-state index in [1.165, 1.54) is 16.7 Å². The third kappa shape index (κ3) is 5.00. The molecule has 2 heterocycles. The zero-order valence-corrected chi connectivity index (χ0v) is 21.4. The number of benzene rings is 3. The molecule has 1 aliphatic rings. The highest BCUT2D eigenvalue weighted by Crippen LogP contribution is 2.36. The summed E-state index contributed by atoms with van der Waals surface area (Å²) >= 11 is 2.34. The van der Waals surface area contributed by atoms with E-state index >= 15 is 0 Å². The molecule has 4 aromatic rings. The summed E-state index contributed by atoms with van der Waals surface area (Å²) in [5, 5.41) is 8.03. The fourth-order valence-electron chi connectivity index (χ4n) is 4.82. The van der Waals surface area contributed by atoms with Crippen molar-refractivity contribution in [3.8, 4) is 11.1 Å². The van der Waals surface area contributed by atoms with E-state index in [2.05, 4.69) is 124 Å². The normalized spacial score (nSPS) is 15.1. The molecule has 1 aromatic heterocycles. The van der Waals surface area contributed by atoms with Crippen LogP contribution in [-0.4, -0.2) is 35.1 Å². The van der Waals surface area contributed by atoms with Gasteiger partial charge in [0.2, 0.25) is 0 Å². The first-order valence-electron chi connectivity index (χ1n) is 11.8. The van der Waals surface area contributed by atoms with Gasteiger partial charge in [0.25, 0.3) is 0 Å². The topological polar surface area (TPSA) is 42.2 Å². The molecular formula is C29H29IN4. The second-order valence-corrected chi connectivity index (χ2v) is 9.58. The van der Waals surface area contributed by atoms with Gasteiger partial charge in [0.1, 0.15) is 0 Å². The molecule has 0 amide bonds. The van der Waals surface area contributed by atoms with Crippen LogP contribution in [0.15, 0.2) is 102 Å². The van der Waals surface area contributed by atoms with E-state index < -0.39 is 0 Å². The molecule has 5 rings (SSSR count). The van der Waals surface area contributed by atoms with Gasteiger partial charge in [-0.05, 0) is 37.1 Å². The molecule has 4 nitrogen and oxygen atoms in total. The maximum absolute atomic E-state index is 5.33. The molecule has 1 saturated heterocycles. The van der Waals surface area contributed by atoms with E-state index in [1.54, 1.807) is 0 Å². The van der Waals surface area contributed by atoms with E-state index in [0.29, 0.717) is 0 Å². The number of aliphatic imine (C=N–C) groups is 1. The van der Waals surface area contributed by atoms with E-state index in [9.17, 15) is 0 Å². The van der Waals surface area contributed by atoms with E-state index in [-0.39, 0.29) is 5.41 Å². The molecule has 0 bridgehead atoms. The average molecular weight is 560 g/mol. The van der Waals surface area contributed by atoms with Crippen LogP contribution in [0.25, 0.3) is 11.1 Å². The Kier molecular flexibility index (Phi) is 7.21. The number of halogens is 1. The molecule has 3 aromatic carbocycles. The zero-order chi connectivity index (χ0) is 23.2. The number of alkyl halides is 1. The smallest absolute Gasteiger partial charge is 0.0924 e. The molecule has 1 N–H and O–H groups in total. The first kappa shape index (κ1) is 23.0. The Morgan fingerprint density at radius 2 is 1.56 bits per heavy atom. The molecule has 0 unspecified atom stereocenters. The van der Waals surface area contributed by atoms with Crippen molar-refractivity contribution in [2.45, 2.75) is 22.8 Å². The highest BCUT2D eigenvalue weighted by molar-refractivity contribution is 14.1. The number of rotatable bonds is 7. The van der Waals surface area contributed by atoms with Gasteiger partial charge in [-0.3, -0.25) is 9.67 Å². The van der Waals surface area contributed by atoms with Crippen molar-refractivity contribution in [2.24, 2.45) is 4.99 Å². The van der Waals surface area contributed by atoms with Crippen molar-refractivity contribution in [2.75, 3.05) is 19.6 Å². The highest BCUT2D eigenvalue weighted by Gasteiger charge is 2.34. The summed E-state index contributed by atoms with van der Waals surface area (Å²) in [6, 6.07) is 30.2. The van der Waals surface area contributed by atoms with Gasteiger partial charge in [-0.25, -0.2) is 0 Å². The summed E-state index contributed by atoms with van der Waals surface area (Å²) in [5.41, 5.74) is 7.17. The Hall–Kier alpha value is -2.77. The first-order valence-corrected chi connectivity index (χ1v) is 13.4. The molecule has 34 heavy (non-hydrogen) atoms. The Morgan fingerprint density at radius 3 is 2.18 bits per heavy atom. The third-order valence-corrected chi connectivity index (χ3v) is 7.46. The number of hydrogen-bond acceptors (Lipinski definition) is 3. The van der Waals surface area contributed by atoms with Gasteiger partial charge >= 0.3 is 0 Å². The van der Waals surface area contributed by atoms with Gasteiger partial charge in [-0.2, -0.15) is 5.10 Å². The van der Waals surface area contributed by atoms with Crippen LogP contribution in [0.3, 0.4) is 0 Å². The van der Waals surface area contributed by atoms with Crippen LogP contribution in [0.1, 0.15) is 29.5 Å². The fraction of sp³-hybridized carbons (Fsp3) is 0.241. The molecule has 172 valence electrons. The van der Waals surface area contributed by atoms with Crippen molar-refractivity contribution >= 4 is 28.3 Å². The van der Waals surface area contributed by atoms with Crippen molar-refractivity contribution in [3.63, 3.8) is 0 Å². The fourth-order valence-corrected chi connectivity index (χ4v) is 5.19. The summed E-state index contributed by atoms with van der Waals surface area (Å²) in [6.07, 6.45) is 6.24. The predicted molar refractivity (Wildman–Crippen MR) is 149 cm³/mol. The summed E-state index contributed by atoms with van der Waals surface area (Å²) < 4.78 is 2.82. The molecule has 0 radical (unpaired) electrons. The average Bonchev–Trinajstić information content (AvgIpc) is 3.40. The first-order chi connectivity index (χ1) is 16.8. The number of nitrogens with zero attached hydrogens (tertiary/aromatic N) is 3. The van der Waals surface area contributed by atoms with Gasteiger partial charge in [0.15, 0.2) is 0 Å². The van der Waals surface area contributed by atoms with Crippen LogP contribution in [0.4, 0.5) is 0 Å². The predicted octanol–water partition coefficient (Wildman–Crippen LogP) is 6.10. The molecule has 0 spiro atoms. The number of hydrogen-bond donors (Lipinski definition) is 1. The van der Waals surface area contributed by atoms with Crippen LogP contribution >= 0.6 is 22.6 Å². The quantitative estimate of drug-likeness (QED) is 0.169. The highest BCUT2D eigenvalue weighted by atomic mass is 127. The standard InChI is InChI=1S/C29H29IN4/c30-22-34-20-26(19-33-34)25-12-7-13-27(18-25)29(14-16-31-17-15-29)21-32-28(23-8-3-1-4-9-23)24-10-5-2-6-11-24/h1-13,18-20,31H,14-17,21-22H2. The van der Waals surface area contributed by atoms with E-state index in [1.807, 2.05) is 10.9 Å². The van der Waals surface area contributed by atoms with Gasteiger partial charge in [-0.15, -0.1) is 0 Å². The van der Waals surface area contributed by atoms with Crippen LogP contribution in [0.5, 0.6) is 0 Å². The van der Waals surface area contributed by atoms with Gasteiger partial charge in [0.05, 0.1) is 16.5 Å². The van der Waals surface area contributed by atoms with Crippen LogP contribution in [0.2, 0.25) is 0 Å². The monoisotopic (exact) mass is 560 g/mol. The minimum Gasteiger partial charge on any atom is -0.317 e. The Bertz CT molecular complexity index is 1200. The van der Waals surface area contributed by atoms with Gasteiger partial charge in [-0.1, -0.05) is 108 Å². The van der Waals surface area contributed by atoms with Crippen LogP contribution in [-0.2, 0) is 9.97 Å². The molecule has 0 saturated carbocycles. The summed E-state index contributed by atoms with van der Waals surface area (Å²) in [5.74, 6) is 0. The minimum atomic E-state index is 0.00925. The van der Waals surface area contributed by atoms with Crippen molar-refractivity contribution in [1.82, 2.24) is 15.1 Å². The Balaban J connectivity index is 1.53. The van der Waals surface area contributed by atoms with Crippen LogP contribution < -0.4 is 5.32 Å². The second-order valence-electron chi connectivity index (χ2n) is 8.90. The van der Waals surface area contributed by atoms with Crippen molar-refractivity contribution in [1.29, 1.82) is 0 Å². The molecule has 5 heteroatoms. The third-order valence-electron chi connectivity index (χ3n) is 6.76. The summed E-state index contributed by atoms with van der Waals surface area (Å²) in [6.45, 7) is 2.79. The van der Waals surface area contributed by atoms with E-state index in [0.717, 1.165) is 53.9 Å². The van der Waals surface area contributed by atoms with Gasteiger partial charge in [0, 0.05) is 34.8 Å². The Morgan fingerprint density at radius 1 is 0.882 bits per heavy atom. The SMILES string of the molecule is ICn1cc(-c2cccc(C3(CN=C(c4ccccc4)c4ccccc4)CCNCC3)c2)cn1. The lowest BCUT2D eigenvalue weighted by Crippen LogP contribution is -2.42. The Labute approximate surface area is 215 Å². The largest absolute Gasteiger partial charge is 0.317 e. The maximum atomic E-state index is 5.33.